The Labute approximate surface area is 156 Å². The van der Waals surface area contributed by atoms with Crippen molar-refractivity contribution in [3.63, 3.8) is 0 Å². The van der Waals surface area contributed by atoms with Crippen molar-refractivity contribution in [2.45, 2.75) is 25.0 Å². The zero-order chi connectivity index (χ0) is 18.7. The molecule has 0 aromatic heterocycles. The van der Waals surface area contributed by atoms with Crippen molar-refractivity contribution < 1.29 is 19.5 Å². The highest BCUT2D eigenvalue weighted by molar-refractivity contribution is 8.14. The molecule has 3 unspecified atom stereocenters. The molecule has 0 aliphatic heterocycles. The van der Waals surface area contributed by atoms with Crippen LogP contribution in [0.2, 0.25) is 0 Å². The van der Waals surface area contributed by atoms with E-state index < -0.39 is 17.8 Å². The van der Waals surface area contributed by atoms with Crippen molar-refractivity contribution in [2.75, 3.05) is 0 Å². The molecule has 134 valence electrons. The van der Waals surface area contributed by atoms with Gasteiger partial charge in [0, 0.05) is 23.7 Å². The molecule has 0 bridgehead atoms. The Morgan fingerprint density at radius 1 is 0.923 bits per heavy atom. The first kappa shape index (κ1) is 18.4. The maximum absolute atomic E-state index is 12.9. The van der Waals surface area contributed by atoms with Crippen LogP contribution in [0.3, 0.4) is 0 Å². The molecule has 0 spiro atoms. The third kappa shape index (κ3) is 3.88. The number of hydrogen-bond donors (Lipinski definition) is 1. The zero-order valence-electron chi connectivity index (χ0n) is 14.4. The SMILES string of the molecule is CC(=O)SC1CCC(C(=O)c2ccc(-c3ccccc3)cc2)C1C(=O)O. The molecule has 1 saturated carbocycles. The van der Waals surface area contributed by atoms with Gasteiger partial charge in [0.2, 0.25) is 0 Å². The number of aliphatic carboxylic acids is 1. The van der Waals surface area contributed by atoms with Gasteiger partial charge in [-0.25, -0.2) is 0 Å². The molecule has 2 aromatic rings. The zero-order valence-corrected chi connectivity index (χ0v) is 15.2. The van der Waals surface area contributed by atoms with E-state index in [9.17, 15) is 19.5 Å². The minimum atomic E-state index is -1.000. The number of ketones is 1. The van der Waals surface area contributed by atoms with E-state index in [1.165, 1.54) is 6.92 Å². The number of carbonyl (C=O) groups is 3. The molecular weight excluding hydrogens is 348 g/mol. The Morgan fingerprint density at radius 3 is 2.12 bits per heavy atom. The van der Waals surface area contributed by atoms with E-state index in [-0.39, 0.29) is 16.1 Å². The monoisotopic (exact) mass is 368 g/mol. The summed E-state index contributed by atoms with van der Waals surface area (Å²) in [6, 6.07) is 17.1. The van der Waals surface area contributed by atoms with Crippen molar-refractivity contribution in [2.24, 2.45) is 11.8 Å². The first-order valence-electron chi connectivity index (χ1n) is 8.57. The van der Waals surface area contributed by atoms with Gasteiger partial charge in [0.15, 0.2) is 10.9 Å². The van der Waals surface area contributed by atoms with Crippen LogP contribution in [-0.2, 0) is 9.59 Å². The first-order valence-corrected chi connectivity index (χ1v) is 9.45. The highest BCUT2D eigenvalue weighted by Gasteiger charge is 2.45. The minimum absolute atomic E-state index is 0.110. The fraction of sp³-hybridized carbons (Fsp3) is 0.286. The van der Waals surface area contributed by atoms with Gasteiger partial charge in [-0.05, 0) is 24.0 Å². The van der Waals surface area contributed by atoms with Crippen molar-refractivity contribution in [1.29, 1.82) is 0 Å². The lowest BCUT2D eigenvalue weighted by Crippen LogP contribution is -2.31. The van der Waals surface area contributed by atoms with E-state index in [0.29, 0.717) is 18.4 Å². The highest BCUT2D eigenvalue weighted by atomic mass is 32.2. The van der Waals surface area contributed by atoms with E-state index in [1.807, 2.05) is 42.5 Å². The lowest BCUT2D eigenvalue weighted by atomic mass is 9.88. The summed E-state index contributed by atoms with van der Waals surface area (Å²) in [4.78, 5) is 36.0. The normalized spacial score (nSPS) is 22.1. The number of rotatable bonds is 5. The minimum Gasteiger partial charge on any atom is -0.481 e. The average Bonchev–Trinajstić information content (AvgIpc) is 3.05. The van der Waals surface area contributed by atoms with E-state index in [4.69, 9.17) is 0 Å². The number of hydrogen-bond acceptors (Lipinski definition) is 4. The summed E-state index contributed by atoms with van der Waals surface area (Å²) in [5.41, 5.74) is 2.59. The lowest BCUT2D eigenvalue weighted by Gasteiger charge is -2.19. The number of carbonyl (C=O) groups excluding carboxylic acids is 2. The largest absolute Gasteiger partial charge is 0.481 e. The average molecular weight is 368 g/mol. The van der Waals surface area contributed by atoms with E-state index in [1.54, 1.807) is 12.1 Å². The van der Waals surface area contributed by atoms with Gasteiger partial charge in [0.05, 0.1) is 5.92 Å². The van der Waals surface area contributed by atoms with Crippen molar-refractivity contribution in [3.05, 3.63) is 60.2 Å². The van der Waals surface area contributed by atoms with E-state index in [2.05, 4.69) is 0 Å². The second kappa shape index (κ2) is 7.87. The Balaban J connectivity index is 1.80. The number of carboxylic acid groups (broad SMARTS) is 1. The summed E-state index contributed by atoms with van der Waals surface area (Å²) in [6.07, 6.45) is 1.07. The number of Topliss-reactive ketones (excluding diaryl/α,β-unsaturated/α-hetero) is 1. The van der Waals surface area contributed by atoms with Crippen LogP contribution in [0.25, 0.3) is 11.1 Å². The molecule has 1 aliphatic carbocycles. The lowest BCUT2D eigenvalue weighted by molar-refractivity contribution is -0.142. The van der Waals surface area contributed by atoms with Gasteiger partial charge in [-0.2, -0.15) is 0 Å². The Bertz CT molecular complexity index is 814. The van der Waals surface area contributed by atoms with Gasteiger partial charge in [0.1, 0.15) is 0 Å². The molecular formula is C21H20O4S. The van der Waals surface area contributed by atoms with Gasteiger partial charge >= 0.3 is 5.97 Å². The predicted octanol–water partition coefficient (Wildman–Crippen LogP) is 4.30. The summed E-state index contributed by atoms with van der Waals surface area (Å²) in [7, 11) is 0. The summed E-state index contributed by atoms with van der Waals surface area (Å²) >= 11 is 1.04. The first-order chi connectivity index (χ1) is 12.5. The topological polar surface area (TPSA) is 71.4 Å². The quantitative estimate of drug-likeness (QED) is 0.797. The number of thioether (sulfide) groups is 1. The van der Waals surface area contributed by atoms with Crippen molar-refractivity contribution in [3.8, 4) is 11.1 Å². The Kier molecular flexibility index (Phi) is 5.57. The van der Waals surface area contributed by atoms with Crippen LogP contribution in [0.1, 0.15) is 30.1 Å². The number of carboxylic acids is 1. The fourth-order valence-electron chi connectivity index (χ4n) is 3.60. The molecule has 0 amide bonds. The maximum atomic E-state index is 12.9. The van der Waals surface area contributed by atoms with Gasteiger partial charge < -0.3 is 5.11 Å². The second-order valence-electron chi connectivity index (χ2n) is 6.50. The summed E-state index contributed by atoms with van der Waals surface area (Å²) < 4.78 is 0. The van der Waals surface area contributed by atoms with Crippen LogP contribution in [0.15, 0.2) is 54.6 Å². The second-order valence-corrected chi connectivity index (χ2v) is 7.92. The molecule has 0 saturated heterocycles. The molecule has 1 N–H and O–H groups in total. The number of benzene rings is 2. The third-order valence-corrected chi connectivity index (χ3v) is 5.98. The molecule has 0 radical (unpaired) electrons. The van der Waals surface area contributed by atoms with Crippen LogP contribution in [0.4, 0.5) is 0 Å². The molecule has 3 atom stereocenters. The van der Waals surface area contributed by atoms with Crippen LogP contribution in [0.5, 0.6) is 0 Å². The Hall–Kier alpha value is -2.40. The predicted molar refractivity (Wildman–Crippen MR) is 102 cm³/mol. The highest BCUT2D eigenvalue weighted by Crippen LogP contribution is 2.41. The van der Waals surface area contributed by atoms with Gasteiger partial charge in [0.25, 0.3) is 0 Å². The molecule has 1 fully saturated rings. The Morgan fingerprint density at radius 2 is 1.54 bits per heavy atom. The molecule has 1 aliphatic rings. The smallest absolute Gasteiger partial charge is 0.308 e. The standard InChI is InChI=1S/C21H20O4S/c1-13(22)26-18-12-11-17(19(18)21(24)25)20(23)16-9-7-15(8-10-16)14-5-3-2-4-6-14/h2-10,17-19H,11-12H2,1H3,(H,24,25). The van der Waals surface area contributed by atoms with Crippen LogP contribution in [0, 0.1) is 11.8 Å². The van der Waals surface area contributed by atoms with Gasteiger partial charge in [-0.15, -0.1) is 0 Å². The van der Waals surface area contributed by atoms with E-state index >= 15 is 0 Å². The van der Waals surface area contributed by atoms with Crippen LogP contribution < -0.4 is 0 Å². The van der Waals surface area contributed by atoms with Gasteiger partial charge in [-0.3, -0.25) is 14.4 Å². The third-order valence-electron chi connectivity index (χ3n) is 4.81. The molecule has 26 heavy (non-hydrogen) atoms. The molecule has 2 aromatic carbocycles. The molecule has 4 nitrogen and oxygen atoms in total. The van der Waals surface area contributed by atoms with Crippen LogP contribution >= 0.6 is 11.8 Å². The van der Waals surface area contributed by atoms with Gasteiger partial charge in [-0.1, -0.05) is 66.4 Å². The maximum Gasteiger partial charge on any atom is 0.308 e. The van der Waals surface area contributed by atoms with Crippen molar-refractivity contribution in [1.82, 2.24) is 0 Å². The fourth-order valence-corrected chi connectivity index (χ4v) is 4.74. The van der Waals surface area contributed by atoms with Crippen molar-refractivity contribution >= 4 is 28.6 Å². The summed E-state index contributed by atoms with van der Waals surface area (Å²) in [5.74, 6) is -2.54. The summed E-state index contributed by atoms with van der Waals surface area (Å²) in [6.45, 7) is 1.43. The summed E-state index contributed by atoms with van der Waals surface area (Å²) in [5, 5.41) is 9.14. The molecule has 3 rings (SSSR count). The molecule has 0 heterocycles. The van der Waals surface area contributed by atoms with Crippen LogP contribution in [-0.4, -0.2) is 27.2 Å². The molecule has 5 heteroatoms. The van der Waals surface area contributed by atoms with E-state index in [0.717, 1.165) is 22.9 Å².